The highest BCUT2D eigenvalue weighted by atomic mass is 35.5. The molecule has 0 aliphatic rings. The van der Waals surface area contributed by atoms with Crippen LogP contribution in [-0.2, 0) is 6.61 Å². The first kappa shape index (κ1) is 9.77. The number of thiophene rings is 1. The van der Waals surface area contributed by atoms with E-state index in [0.29, 0.717) is 5.02 Å². The number of aliphatic hydroxyl groups excluding tert-OH is 1. The number of aliphatic hydroxyl groups is 1. The minimum absolute atomic E-state index is 0.00530. The molecule has 14 heavy (non-hydrogen) atoms. The zero-order valence-corrected chi connectivity index (χ0v) is 9.15. The summed E-state index contributed by atoms with van der Waals surface area (Å²) in [5.74, 6) is 0.808. The number of rotatable bonds is 2. The number of fused-ring (bicyclic) bond motifs is 1. The van der Waals surface area contributed by atoms with Gasteiger partial charge < -0.3 is 9.84 Å². The maximum absolute atomic E-state index is 9.03. The van der Waals surface area contributed by atoms with Gasteiger partial charge in [0, 0.05) is 10.8 Å². The van der Waals surface area contributed by atoms with Gasteiger partial charge in [-0.1, -0.05) is 11.6 Å². The predicted molar refractivity (Wildman–Crippen MR) is 59.3 cm³/mol. The van der Waals surface area contributed by atoms with Gasteiger partial charge in [0.1, 0.15) is 5.75 Å². The highest BCUT2D eigenvalue weighted by molar-refractivity contribution is 7.18. The minimum atomic E-state index is -0.00530. The van der Waals surface area contributed by atoms with Crippen molar-refractivity contribution in [1.82, 2.24) is 0 Å². The Kier molecular flexibility index (Phi) is 2.63. The van der Waals surface area contributed by atoms with Gasteiger partial charge in [-0.25, -0.2) is 0 Å². The zero-order chi connectivity index (χ0) is 10.1. The van der Waals surface area contributed by atoms with E-state index >= 15 is 0 Å². The number of hydrogen-bond acceptors (Lipinski definition) is 3. The molecule has 74 valence electrons. The van der Waals surface area contributed by atoms with Crippen LogP contribution in [0.5, 0.6) is 5.75 Å². The van der Waals surface area contributed by atoms with Gasteiger partial charge in [-0.3, -0.25) is 0 Å². The fourth-order valence-electron chi connectivity index (χ4n) is 1.38. The maximum Gasteiger partial charge on any atom is 0.137 e. The Morgan fingerprint density at radius 1 is 1.50 bits per heavy atom. The molecule has 0 unspecified atom stereocenters. The Balaban J connectivity index is 2.73. The number of benzene rings is 1. The number of ether oxygens (including phenoxy) is 1. The fraction of sp³-hybridized carbons (Fsp3) is 0.200. The van der Waals surface area contributed by atoms with E-state index in [9.17, 15) is 0 Å². The van der Waals surface area contributed by atoms with Gasteiger partial charge in [0.25, 0.3) is 0 Å². The second kappa shape index (κ2) is 3.77. The first-order valence-corrected chi connectivity index (χ1v) is 5.36. The quantitative estimate of drug-likeness (QED) is 0.856. The smallest absolute Gasteiger partial charge is 0.137 e. The zero-order valence-electron chi connectivity index (χ0n) is 7.58. The second-order valence-electron chi connectivity index (χ2n) is 2.92. The van der Waals surface area contributed by atoms with Crippen LogP contribution in [0.25, 0.3) is 10.1 Å². The Morgan fingerprint density at radius 3 is 2.93 bits per heavy atom. The van der Waals surface area contributed by atoms with Crippen molar-refractivity contribution in [2.75, 3.05) is 7.11 Å². The second-order valence-corrected chi connectivity index (χ2v) is 4.20. The molecular weight excluding hydrogens is 220 g/mol. The van der Waals surface area contributed by atoms with E-state index in [1.54, 1.807) is 24.5 Å². The van der Waals surface area contributed by atoms with Crippen LogP contribution in [0, 0.1) is 0 Å². The average molecular weight is 229 g/mol. The first-order valence-electron chi connectivity index (χ1n) is 4.10. The SMILES string of the molecule is COc1csc2c(Cl)cc(CO)cc12. The largest absolute Gasteiger partial charge is 0.495 e. The molecule has 1 heterocycles. The highest BCUT2D eigenvalue weighted by Crippen LogP contribution is 2.37. The van der Waals surface area contributed by atoms with Crippen molar-refractivity contribution in [2.24, 2.45) is 0 Å². The van der Waals surface area contributed by atoms with E-state index in [4.69, 9.17) is 21.4 Å². The molecule has 1 N–H and O–H groups in total. The summed E-state index contributed by atoms with van der Waals surface area (Å²) in [6.07, 6.45) is 0. The summed E-state index contributed by atoms with van der Waals surface area (Å²) >= 11 is 7.60. The van der Waals surface area contributed by atoms with E-state index < -0.39 is 0 Å². The van der Waals surface area contributed by atoms with Gasteiger partial charge >= 0.3 is 0 Å². The predicted octanol–water partition coefficient (Wildman–Crippen LogP) is 3.06. The van der Waals surface area contributed by atoms with Crippen LogP contribution in [0.1, 0.15) is 5.56 Å². The van der Waals surface area contributed by atoms with Crippen LogP contribution in [0.2, 0.25) is 5.02 Å². The highest BCUT2D eigenvalue weighted by Gasteiger charge is 2.08. The van der Waals surface area contributed by atoms with Crippen molar-refractivity contribution >= 4 is 33.0 Å². The molecule has 0 radical (unpaired) electrons. The van der Waals surface area contributed by atoms with E-state index in [0.717, 1.165) is 21.4 Å². The molecule has 2 aromatic rings. The Hall–Kier alpha value is -0.770. The summed E-state index contributed by atoms with van der Waals surface area (Å²) in [7, 11) is 1.63. The van der Waals surface area contributed by atoms with Crippen LogP contribution in [0.4, 0.5) is 0 Å². The third-order valence-corrected chi connectivity index (χ3v) is 3.47. The van der Waals surface area contributed by atoms with E-state index in [1.807, 2.05) is 11.4 Å². The molecule has 0 fully saturated rings. The fourth-order valence-corrected chi connectivity index (χ4v) is 2.66. The molecule has 0 aliphatic heterocycles. The van der Waals surface area contributed by atoms with Crippen molar-refractivity contribution in [3.05, 3.63) is 28.1 Å². The lowest BCUT2D eigenvalue weighted by Crippen LogP contribution is -1.84. The third-order valence-electron chi connectivity index (χ3n) is 2.06. The summed E-state index contributed by atoms with van der Waals surface area (Å²) in [5, 5.41) is 12.6. The molecular formula is C10H9ClO2S. The van der Waals surface area contributed by atoms with Crippen molar-refractivity contribution in [3.63, 3.8) is 0 Å². The van der Waals surface area contributed by atoms with Crippen LogP contribution in [0.15, 0.2) is 17.5 Å². The van der Waals surface area contributed by atoms with Crippen molar-refractivity contribution in [3.8, 4) is 5.75 Å². The molecule has 0 aliphatic carbocycles. The minimum Gasteiger partial charge on any atom is -0.495 e. The Morgan fingerprint density at radius 2 is 2.29 bits per heavy atom. The summed E-state index contributed by atoms with van der Waals surface area (Å²) in [6, 6.07) is 3.68. The van der Waals surface area contributed by atoms with Crippen LogP contribution in [-0.4, -0.2) is 12.2 Å². The summed E-state index contributed by atoms with van der Waals surface area (Å²) in [4.78, 5) is 0. The van der Waals surface area contributed by atoms with Crippen molar-refractivity contribution < 1.29 is 9.84 Å². The van der Waals surface area contributed by atoms with E-state index in [1.165, 1.54) is 0 Å². The lowest BCUT2D eigenvalue weighted by molar-refractivity contribution is 0.282. The molecule has 2 nitrogen and oxygen atoms in total. The van der Waals surface area contributed by atoms with Crippen molar-refractivity contribution in [1.29, 1.82) is 0 Å². The topological polar surface area (TPSA) is 29.5 Å². The summed E-state index contributed by atoms with van der Waals surface area (Å²) < 4.78 is 6.19. The number of hydrogen-bond donors (Lipinski definition) is 1. The molecule has 2 rings (SSSR count). The number of methoxy groups -OCH3 is 1. The average Bonchev–Trinajstić information content (AvgIpc) is 2.61. The van der Waals surface area contributed by atoms with Gasteiger partial charge in [0.15, 0.2) is 0 Å². The molecule has 0 saturated carbocycles. The monoisotopic (exact) mass is 228 g/mol. The lowest BCUT2D eigenvalue weighted by Gasteiger charge is -2.01. The molecule has 1 aromatic heterocycles. The standard InChI is InChI=1S/C10H9ClO2S/c1-13-9-5-14-10-7(9)2-6(4-12)3-8(10)11/h2-3,5,12H,4H2,1H3. The molecule has 0 bridgehead atoms. The van der Waals surface area contributed by atoms with Gasteiger partial charge in [0.05, 0.1) is 23.4 Å². The van der Waals surface area contributed by atoms with Crippen LogP contribution >= 0.6 is 22.9 Å². The summed E-state index contributed by atoms with van der Waals surface area (Å²) in [5.41, 5.74) is 0.805. The molecule has 0 atom stereocenters. The molecule has 4 heteroatoms. The normalized spacial score (nSPS) is 10.8. The first-order chi connectivity index (χ1) is 6.76. The lowest BCUT2D eigenvalue weighted by atomic mass is 10.2. The molecule has 1 aromatic carbocycles. The van der Waals surface area contributed by atoms with Crippen molar-refractivity contribution in [2.45, 2.75) is 6.61 Å². The molecule has 0 amide bonds. The Bertz CT molecular complexity index is 464. The number of halogens is 1. The third kappa shape index (κ3) is 1.47. The van der Waals surface area contributed by atoms with Gasteiger partial charge in [-0.05, 0) is 17.7 Å². The van der Waals surface area contributed by atoms with Crippen LogP contribution in [0.3, 0.4) is 0 Å². The Labute approximate surface area is 90.7 Å². The molecule has 0 saturated heterocycles. The van der Waals surface area contributed by atoms with E-state index in [-0.39, 0.29) is 6.61 Å². The maximum atomic E-state index is 9.03. The van der Waals surface area contributed by atoms with Crippen LogP contribution < -0.4 is 4.74 Å². The summed E-state index contributed by atoms with van der Waals surface area (Å²) in [6.45, 7) is -0.00530. The van der Waals surface area contributed by atoms with E-state index in [2.05, 4.69) is 0 Å². The van der Waals surface area contributed by atoms with Gasteiger partial charge in [-0.15, -0.1) is 11.3 Å². The van der Waals surface area contributed by atoms with Gasteiger partial charge in [-0.2, -0.15) is 0 Å². The van der Waals surface area contributed by atoms with Gasteiger partial charge in [0.2, 0.25) is 0 Å². The molecule has 0 spiro atoms.